The molecule has 128 valence electrons. The highest BCUT2D eigenvalue weighted by Crippen LogP contribution is 2.38. The molecule has 1 aromatic carbocycles. The largest absolute Gasteiger partial charge is 0.507 e. The van der Waals surface area contributed by atoms with Gasteiger partial charge in [0.05, 0.1) is 9.38 Å². The minimum atomic E-state index is -0.202. The van der Waals surface area contributed by atoms with Crippen LogP contribution >= 0.6 is 27.7 Å². The van der Waals surface area contributed by atoms with Crippen molar-refractivity contribution in [3.05, 3.63) is 33.1 Å². The first-order valence-electron chi connectivity index (χ1n) is 8.23. The standard InChI is InChI=1S/C18H20BrNO3S/c1-11(13-5-3-2-4-6-13)20-17(22)16(24-18(20)23)10-12-7-8-15(21)14(19)9-12/h7-11,13,21H,2-6H2,1H3/b16-10-. The minimum Gasteiger partial charge on any atom is -0.507 e. The van der Waals surface area contributed by atoms with E-state index in [9.17, 15) is 14.7 Å². The summed E-state index contributed by atoms with van der Waals surface area (Å²) in [5, 5.41) is 9.38. The van der Waals surface area contributed by atoms with Crippen molar-refractivity contribution in [1.82, 2.24) is 4.90 Å². The van der Waals surface area contributed by atoms with E-state index in [1.54, 1.807) is 24.3 Å². The third-order valence-corrected chi connectivity index (χ3v) is 6.35. The van der Waals surface area contributed by atoms with Crippen LogP contribution in [0.3, 0.4) is 0 Å². The molecule has 1 aliphatic carbocycles. The number of benzene rings is 1. The molecular formula is C18H20BrNO3S. The van der Waals surface area contributed by atoms with Gasteiger partial charge in [0.2, 0.25) is 0 Å². The van der Waals surface area contributed by atoms with E-state index in [0.29, 0.717) is 15.3 Å². The molecule has 4 nitrogen and oxygen atoms in total. The van der Waals surface area contributed by atoms with Gasteiger partial charge in [0.1, 0.15) is 5.75 Å². The zero-order valence-electron chi connectivity index (χ0n) is 13.5. The summed E-state index contributed by atoms with van der Waals surface area (Å²) in [4.78, 5) is 27.0. The molecule has 24 heavy (non-hydrogen) atoms. The molecule has 2 aliphatic rings. The molecule has 1 heterocycles. The van der Waals surface area contributed by atoms with Crippen molar-refractivity contribution < 1.29 is 14.7 Å². The van der Waals surface area contributed by atoms with Crippen LogP contribution in [0.4, 0.5) is 4.79 Å². The summed E-state index contributed by atoms with van der Waals surface area (Å²) in [6, 6.07) is 4.97. The second kappa shape index (κ2) is 7.31. The maximum atomic E-state index is 12.7. The minimum absolute atomic E-state index is 0.0461. The smallest absolute Gasteiger partial charge is 0.293 e. The molecule has 3 rings (SSSR count). The Kier molecular flexibility index (Phi) is 5.35. The molecule has 0 bridgehead atoms. The first-order chi connectivity index (χ1) is 11.5. The number of carbonyl (C=O) groups excluding carboxylic acids is 2. The Hall–Kier alpha value is -1.27. The summed E-state index contributed by atoms with van der Waals surface area (Å²) >= 11 is 4.26. The Balaban J connectivity index is 1.80. The SMILES string of the molecule is CC(C1CCCCC1)N1C(=O)S/C(=C\c2ccc(O)c(Br)c2)C1=O. The van der Waals surface area contributed by atoms with Crippen LogP contribution in [-0.4, -0.2) is 27.2 Å². The van der Waals surface area contributed by atoms with Gasteiger partial charge in [-0.25, -0.2) is 0 Å². The molecule has 0 spiro atoms. The van der Waals surface area contributed by atoms with E-state index in [1.165, 1.54) is 24.2 Å². The Morgan fingerprint density at radius 2 is 2.00 bits per heavy atom. The molecule has 0 aromatic heterocycles. The van der Waals surface area contributed by atoms with Gasteiger partial charge in [-0.15, -0.1) is 0 Å². The topological polar surface area (TPSA) is 57.6 Å². The monoisotopic (exact) mass is 409 g/mol. The van der Waals surface area contributed by atoms with E-state index in [0.717, 1.165) is 30.2 Å². The second-order valence-corrected chi connectivity index (χ2v) is 8.25. The molecule has 1 saturated heterocycles. The second-order valence-electron chi connectivity index (χ2n) is 6.40. The van der Waals surface area contributed by atoms with Crippen LogP contribution in [0, 0.1) is 5.92 Å². The van der Waals surface area contributed by atoms with Gasteiger partial charge in [-0.2, -0.15) is 0 Å². The number of phenolic OH excluding ortho intramolecular Hbond substituents is 1. The lowest BCUT2D eigenvalue weighted by molar-refractivity contribution is -0.125. The van der Waals surface area contributed by atoms with Crippen molar-refractivity contribution in [1.29, 1.82) is 0 Å². The lowest BCUT2D eigenvalue weighted by Crippen LogP contribution is -2.42. The third-order valence-electron chi connectivity index (χ3n) is 4.83. The average Bonchev–Trinajstić information content (AvgIpc) is 2.85. The zero-order chi connectivity index (χ0) is 17.3. The molecule has 6 heteroatoms. The van der Waals surface area contributed by atoms with Crippen LogP contribution in [-0.2, 0) is 4.79 Å². The van der Waals surface area contributed by atoms with Gasteiger partial charge in [0.25, 0.3) is 11.1 Å². The first-order valence-corrected chi connectivity index (χ1v) is 9.84. The number of nitrogens with zero attached hydrogens (tertiary/aromatic N) is 1. The fourth-order valence-corrected chi connectivity index (χ4v) is 4.74. The van der Waals surface area contributed by atoms with Crippen LogP contribution in [0.25, 0.3) is 6.08 Å². The van der Waals surface area contributed by atoms with Crippen LogP contribution < -0.4 is 0 Å². The Morgan fingerprint density at radius 1 is 1.29 bits per heavy atom. The number of thioether (sulfide) groups is 1. The number of imide groups is 1. The average molecular weight is 410 g/mol. The molecule has 0 radical (unpaired) electrons. The summed E-state index contributed by atoms with van der Waals surface area (Å²) < 4.78 is 0.561. The highest BCUT2D eigenvalue weighted by atomic mass is 79.9. The Labute approximate surface area is 154 Å². The molecule has 1 saturated carbocycles. The molecule has 1 N–H and O–H groups in total. The summed E-state index contributed by atoms with van der Waals surface area (Å²) in [6.45, 7) is 1.99. The summed E-state index contributed by atoms with van der Waals surface area (Å²) in [7, 11) is 0. The van der Waals surface area contributed by atoms with Gasteiger partial charge in [0, 0.05) is 6.04 Å². The highest BCUT2D eigenvalue weighted by Gasteiger charge is 2.40. The molecule has 1 unspecified atom stereocenters. The van der Waals surface area contributed by atoms with E-state index >= 15 is 0 Å². The molecular weight excluding hydrogens is 390 g/mol. The van der Waals surface area contributed by atoms with Crippen molar-refractivity contribution in [2.75, 3.05) is 0 Å². The van der Waals surface area contributed by atoms with Crippen molar-refractivity contribution in [2.45, 2.75) is 45.1 Å². The number of phenols is 1. The molecule has 1 aliphatic heterocycles. The predicted octanol–water partition coefficient (Wildman–Crippen LogP) is 5.16. The van der Waals surface area contributed by atoms with E-state index in [-0.39, 0.29) is 22.9 Å². The lowest BCUT2D eigenvalue weighted by atomic mass is 9.84. The zero-order valence-corrected chi connectivity index (χ0v) is 15.9. The molecule has 1 atom stereocenters. The summed E-state index contributed by atoms with van der Waals surface area (Å²) in [5.74, 6) is 0.355. The van der Waals surface area contributed by atoms with Gasteiger partial charge < -0.3 is 5.11 Å². The lowest BCUT2D eigenvalue weighted by Gasteiger charge is -2.32. The van der Waals surface area contributed by atoms with Crippen molar-refractivity contribution in [2.24, 2.45) is 5.92 Å². The fourth-order valence-electron chi connectivity index (χ4n) is 3.42. The van der Waals surface area contributed by atoms with Gasteiger partial charge in [-0.3, -0.25) is 14.5 Å². The van der Waals surface area contributed by atoms with Gasteiger partial charge >= 0.3 is 0 Å². The number of rotatable bonds is 3. The Morgan fingerprint density at radius 3 is 2.67 bits per heavy atom. The van der Waals surface area contributed by atoms with Crippen LogP contribution in [0.5, 0.6) is 5.75 Å². The highest BCUT2D eigenvalue weighted by molar-refractivity contribution is 9.10. The maximum absolute atomic E-state index is 12.7. The number of hydrogen-bond acceptors (Lipinski definition) is 4. The molecule has 2 amide bonds. The van der Waals surface area contributed by atoms with Gasteiger partial charge in [-0.1, -0.05) is 25.3 Å². The summed E-state index contributed by atoms with van der Waals surface area (Å²) in [6.07, 6.45) is 7.51. The maximum Gasteiger partial charge on any atom is 0.293 e. The van der Waals surface area contributed by atoms with Crippen molar-refractivity contribution in [3.8, 4) is 5.75 Å². The van der Waals surface area contributed by atoms with E-state index < -0.39 is 0 Å². The van der Waals surface area contributed by atoms with E-state index in [2.05, 4.69) is 15.9 Å². The van der Waals surface area contributed by atoms with Crippen LogP contribution in [0.15, 0.2) is 27.6 Å². The third kappa shape index (κ3) is 3.54. The van der Waals surface area contributed by atoms with Crippen LogP contribution in [0.1, 0.15) is 44.6 Å². The van der Waals surface area contributed by atoms with E-state index in [4.69, 9.17) is 0 Å². The predicted molar refractivity (Wildman–Crippen MR) is 99.7 cm³/mol. The normalized spacial score (nSPS) is 22.4. The number of halogens is 1. The number of hydrogen-bond donors (Lipinski definition) is 1. The van der Waals surface area contributed by atoms with Crippen molar-refractivity contribution in [3.63, 3.8) is 0 Å². The van der Waals surface area contributed by atoms with Crippen molar-refractivity contribution >= 4 is 44.9 Å². The number of carbonyl (C=O) groups is 2. The number of amides is 2. The quantitative estimate of drug-likeness (QED) is 0.700. The number of aromatic hydroxyl groups is 1. The van der Waals surface area contributed by atoms with Gasteiger partial charge in [-0.05, 0) is 77.1 Å². The van der Waals surface area contributed by atoms with E-state index in [1.807, 2.05) is 6.92 Å². The Bertz CT molecular complexity index is 698. The van der Waals surface area contributed by atoms with Crippen LogP contribution in [0.2, 0.25) is 0 Å². The first kappa shape index (κ1) is 17.5. The summed E-state index contributed by atoms with van der Waals surface area (Å²) in [5.41, 5.74) is 0.774. The fraction of sp³-hybridized carbons (Fsp3) is 0.444. The van der Waals surface area contributed by atoms with Gasteiger partial charge in [0.15, 0.2) is 0 Å². The molecule has 1 aromatic rings. The molecule has 2 fully saturated rings.